The van der Waals surface area contributed by atoms with Crippen molar-refractivity contribution >= 4 is 5.97 Å². The van der Waals surface area contributed by atoms with Crippen LogP contribution in [0.4, 0.5) is 4.39 Å². The Balaban J connectivity index is 1.53. The van der Waals surface area contributed by atoms with E-state index in [1.807, 2.05) is 6.07 Å². The fourth-order valence-electron chi connectivity index (χ4n) is 5.19. The molecule has 152 valence electrons. The van der Waals surface area contributed by atoms with Crippen molar-refractivity contribution in [1.82, 2.24) is 0 Å². The SMILES string of the molecule is CC#CCOC(=O)c1ccc(C2CCC(C3CCC(CC)CC3)CC2)cc1F. The lowest BCUT2D eigenvalue weighted by Crippen LogP contribution is -2.25. The van der Waals surface area contributed by atoms with Gasteiger partial charge in [0, 0.05) is 0 Å². The molecule has 3 heteroatoms. The van der Waals surface area contributed by atoms with Crippen molar-refractivity contribution in [3.8, 4) is 11.8 Å². The number of hydrogen-bond donors (Lipinski definition) is 0. The number of rotatable bonds is 5. The first-order chi connectivity index (χ1) is 13.6. The number of halogens is 1. The standard InChI is InChI=1S/C25H33FO2/c1-3-5-16-28-25(27)23-15-14-22(17-24(23)26)21-12-10-20(11-13-21)19-8-6-18(4-2)7-9-19/h14-15,17-21H,4,6-13,16H2,1-2H3. The monoisotopic (exact) mass is 384 g/mol. The zero-order valence-corrected chi connectivity index (χ0v) is 17.3. The molecule has 0 amide bonds. The second-order valence-electron chi connectivity index (χ2n) is 8.54. The summed E-state index contributed by atoms with van der Waals surface area (Å²) in [6.45, 7) is 3.99. The predicted molar refractivity (Wildman–Crippen MR) is 111 cm³/mol. The van der Waals surface area contributed by atoms with Gasteiger partial charge in [0.05, 0.1) is 5.56 Å². The summed E-state index contributed by atoms with van der Waals surface area (Å²) >= 11 is 0. The molecule has 0 N–H and O–H groups in total. The molecule has 0 spiro atoms. The quantitative estimate of drug-likeness (QED) is 0.428. The molecular formula is C25H33FO2. The van der Waals surface area contributed by atoms with E-state index in [9.17, 15) is 9.18 Å². The maximum Gasteiger partial charge on any atom is 0.342 e. The molecular weight excluding hydrogens is 351 g/mol. The van der Waals surface area contributed by atoms with Crippen molar-refractivity contribution in [3.05, 3.63) is 35.1 Å². The number of benzene rings is 1. The Kier molecular flexibility index (Phi) is 7.54. The number of carbonyl (C=O) groups is 1. The van der Waals surface area contributed by atoms with Crippen LogP contribution in [0.5, 0.6) is 0 Å². The largest absolute Gasteiger partial charge is 0.449 e. The average molecular weight is 385 g/mol. The van der Waals surface area contributed by atoms with Crippen LogP contribution >= 0.6 is 0 Å². The van der Waals surface area contributed by atoms with Crippen LogP contribution in [-0.2, 0) is 4.74 Å². The van der Waals surface area contributed by atoms with Crippen LogP contribution in [-0.4, -0.2) is 12.6 Å². The third-order valence-electron chi connectivity index (χ3n) is 7.04. The van der Waals surface area contributed by atoms with Gasteiger partial charge in [-0.25, -0.2) is 9.18 Å². The highest BCUT2D eigenvalue weighted by Gasteiger charge is 2.31. The van der Waals surface area contributed by atoms with Gasteiger partial charge < -0.3 is 4.74 Å². The Hall–Kier alpha value is -1.82. The van der Waals surface area contributed by atoms with Crippen molar-refractivity contribution in [2.75, 3.05) is 6.61 Å². The lowest BCUT2D eigenvalue weighted by atomic mass is 9.68. The van der Waals surface area contributed by atoms with Gasteiger partial charge in [0.2, 0.25) is 0 Å². The molecule has 2 fully saturated rings. The molecule has 2 aliphatic rings. The molecule has 0 aliphatic heterocycles. The summed E-state index contributed by atoms with van der Waals surface area (Å²) in [6.07, 6.45) is 11.7. The Bertz CT molecular complexity index is 714. The molecule has 0 radical (unpaired) electrons. The van der Waals surface area contributed by atoms with Gasteiger partial charge in [-0.15, -0.1) is 5.92 Å². The van der Waals surface area contributed by atoms with E-state index in [0.29, 0.717) is 5.92 Å². The summed E-state index contributed by atoms with van der Waals surface area (Å²) in [4.78, 5) is 12.0. The Labute approximate surface area is 169 Å². The number of ether oxygens (including phenoxy) is 1. The van der Waals surface area contributed by atoms with Gasteiger partial charge in [-0.1, -0.05) is 38.2 Å². The second kappa shape index (κ2) is 10.1. The fourth-order valence-corrected chi connectivity index (χ4v) is 5.19. The zero-order valence-electron chi connectivity index (χ0n) is 17.3. The summed E-state index contributed by atoms with van der Waals surface area (Å²) in [5.41, 5.74) is 1.03. The molecule has 1 aromatic carbocycles. The lowest BCUT2D eigenvalue weighted by molar-refractivity contribution is 0.0551. The molecule has 0 aromatic heterocycles. The van der Waals surface area contributed by atoms with Gasteiger partial charge in [-0.2, -0.15) is 0 Å². The van der Waals surface area contributed by atoms with E-state index >= 15 is 0 Å². The highest BCUT2D eigenvalue weighted by molar-refractivity contribution is 5.89. The van der Waals surface area contributed by atoms with Crippen LogP contribution in [0.25, 0.3) is 0 Å². The number of hydrogen-bond acceptors (Lipinski definition) is 2. The minimum atomic E-state index is -0.641. The lowest BCUT2D eigenvalue weighted by Gasteiger charge is -2.38. The van der Waals surface area contributed by atoms with Crippen LogP contribution in [0.15, 0.2) is 18.2 Å². The van der Waals surface area contributed by atoms with Crippen molar-refractivity contribution in [2.45, 2.75) is 77.6 Å². The topological polar surface area (TPSA) is 26.3 Å². The first-order valence-corrected chi connectivity index (χ1v) is 11.0. The Morgan fingerprint density at radius 1 is 1.07 bits per heavy atom. The van der Waals surface area contributed by atoms with E-state index in [1.54, 1.807) is 19.1 Å². The Morgan fingerprint density at radius 3 is 2.29 bits per heavy atom. The van der Waals surface area contributed by atoms with Crippen LogP contribution < -0.4 is 0 Å². The molecule has 0 heterocycles. The van der Waals surface area contributed by atoms with Crippen molar-refractivity contribution in [1.29, 1.82) is 0 Å². The molecule has 0 saturated heterocycles. The maximum absolute atomic E-state index is 14.5. The first kappa shape index (κ1) is 20.9. The van der Waals surface area contributed by atoms with E-state index < -0.39 is 11.8 Å². The number of esters is 1. The maximum atomic E-state index is 14.5. The summed E-state index contributed by atoms with van der Waals surface area (Å²) in [7, 11) is 0. The molecule has 0 atom stereocenters. The third kappa shape index (κ3) is 5.16. The third-order valence-corrected chi connectivity index (χ3v) is 7.04. The van der Waals surface area contributed by atoms with Gasteiger partial charge in [0.1, 0.15) is 5.82 Å². The van der Waals surface area contributed by atoms with E-state index in [2.05, 4.69) is 18.8 Å². The van der Waals surface area contributed by atoms with Crippen LogP contribution in [0.2, 0.25) is 0 Å². The Morgan fingerprint density at radius 2 is 1.71 bits per heavy atom. The zero-order chi connectivity index (χ0) is 19.9. The molecule has 0 bridgehead atoms. The van der Waals surface area contributed by atoms with E-state index in [0.717, 1.165) is 36.2 Å². The fraction of sp³-hybridized carbons (Fsp3) is 0.640. The molecule has 1 aromatic rings. The van der Waals surface area contributed by atoms with Gasteiger partial charge in [0.25, 0.3) is 0 Å². The summed E-state index contributed by atoms with van der Waals surface area (Å²) in [6, 6.07) is 5.02. The smallest absolute Gasteiger partial charge is 0.342 e. The van der Waals surface area contributed by atoms with E-state index in [4.69, 9.17) is 4.74 Å². The highest BCUT2D eigenvalue weighted by atomic mass is 19.1. The van der Waals surface area contributed by atoms with Gasteiger partial charge in [-0.3, -0.25) is 0 Å². The van der Waals surface area contributed by atoms with Crippen LogP contribution in [0, 0.1) is 35.4 Å². The molecule has 2 aliphatic carbocycles. The minimum Gasteiger partial charge on any atom is -0.449 e. The molecule has 2 saturated carbocycles. The molecule has 28 heavy (non-hydrogen) atoms. The highest BCUT2D eigenvalue weighted by Crippen LogP contribution is 2.44. The first-order valence-electron chi connectivity index (χ1n) is 11.0. The van der Waals surface area contributed by atoms with Gasteiger partial charge in [0.15, 0.2) is 6.61 Å². The van der Waals surface area contributed by atoms with Gasteiger partial charge in [-0.05, 0) is 86.8 Å². The van der Waals surface area contributed by atoms with Crippen molar-refractivity contribution < 1.29 is 13.9 Å². The normalized spacial score (nSPS) is 27.5. The summed E-state index contributed by atoms with van der Waals surface area (Å²) in [5, 5.41) is 0. The van der Waals surface area contributed by atoms with Crippen molar-refractivity contribution in [3.63, 3.8) is 0 Å². The molecule has 0 unspecified atom stereocenters. The summed E-state index contributed by atoms with van der Waals surface area (Å²) in [5.74, 6) is 7.31. The van der Waals surface area contributed by atoms with Crippen LogP contribution in [0.3, 0.4) is 0 Å². The number of carbonyl (C=O) groups excluding carboxylic acids is 1. The minimum absolute atomic E-state index is 0.000702. The van der Waals surface area contributed by atoms with Crippen LogP contribution in [0.1, 0.15) is 93.5 Å². The molecule has 3 rings (SSSR count). The average Bonchev–Trinajstić information content (AvgIpc) is 2.74. The second-order valence-corrected chi connectivity index (χ2v) is 8.54. The molecule has 2 nitrogen and oxygen atoms in total. The summed E-state index contributed by atoms with van der Waals surface area (Å²) < 4.78 is 19.4. The van der Waals surface area contributed by atoms with Crippen molar-refractivity contribution in [2.24, 2.45) is 17.8 Å². The van der Waals surface area contributed by atoms with E-state index in [1.165, 1.54) is 44.9 Å². The predicted octanol–water partition coefficient (Wildman–Crippen LogP) is 6.50. The van der Waals surface area contributed by atoms with E-state index in [-0.39, 0.29) is 12.2 Å². The van der Waals surface area contributed by atoms with Gasteiger partial charge >= 0.3 is 5.97 Å².